The average Bonchev–Trinajstić information content (AvgIpc) is 3.33. The molecule has 32 heavy (non-hydrogen) atoms. The first-order valence-corrected chi connectivity index (χ1v) is 12.1. The predicted octanol–water partition coefficient (Wildman–Crippen LogP) is 7.02. The van der Waals surface area contributed by atoms with Crippen LogP contribution in [-0.2, 0) is 9.48 Å². The molecule has 160 valence electrons. The molecule has 3 nitrogen and oxygen atoms in total. The van der Waals surface area contributed by atoms with Crippen LogP contribution in [0.3, 0.4) is 0 Å². The lowest BCUT2D eigenvalue weighted by Crippen LogP contribution is -2.24. The summed E-state index contributed by atoms with van der Waals surface area (Å²) in [6.45, 7) is 2.13. The van der Waals surface area contributed by atoms with Gasteiger partial charge in [0.2, 0.25) is 0 Å². The maximum absolute atomic E-state index is 11.9. The first-order chi connectivity index (χ1) is 15.7. The Labute approximate surface area is 196 Å². The van der Waals surface area contributed by atoms with Crippen LogP contribution in [0.1, 0.15) is 39.1 Å². The zero-order valence-corrected chi connectivity index (χ0v) is 19.3. The highest BCUT2D eigenvalue weighted by atomic mass is 32.2. The molecule has 0 saturated heterocycles. The molecule has 0 fully saturated rings. The molecule has 0 aliphatic rings. The number of hydrogen-bond donors (Lipinski definition) is 0. The van der Waals surface area contributed by atoms with Crippen molar-refractivity contribution >= 4 is 35.1 Å². The second kappa shape index (κ2) is 10.4. The quantitative estimate of drug-likeness (QED) is 0.211. The van der Waals surface area contributed by atoms with Crippen LogP contribution in [0, 0.1) is 0 Å². The van der Waals surface area contributed by atoms with Crippen LogP contribution in [0.15, 0.2) is 102 Å². The third-order valence-corrected chi connectivity index (χ3v) is 7.15. The van der Waals surface area contributed by atoms with Gasteiger partial charge in [-0.1, -0.05) is 91.0 Å². The number of thiazole rings is 1. The second-order valence-electron chi connectivity index (χ2n) is 6.99. The highest BCUT2D eigenvalue weighted by molar-refractivity contribution is 8.03. The van der Waals surface area contributed by atoms with Gasteiger partial charge in [0.05, 0.1) is 11.4 Å². The molecule has 0 aliphatic heterocycles. The zero-order chi connectivity index (χ0) is 22.2. The number of carbonyl (C=O) groups excluding carboxylic acids is 1. The SMILES string of the molecule is CCOC(=O)c1csc(/C=C\SC(c2ccccc2)(c2ccccc2)c2ccccc2)n1. The van der Waals surface area contributed by atoms with Gasteiger partial charge in [-0.3, -0.25) is 0 Å². The van der Waals surface area contributed by atoms with E-state index in [4.69, 9.17) is 4.74 Å². The third-order valence-electron chi connectivity index (χ3n) is 5.00. The monoisotopic (exact) mass is 457 g/mol. The van der Waals surface area contributed by atoms with Gasteiger partial charge in [0.15, 0.2) is 5.69 Å². The van der Waals surface area contributed by atoms with E-state index in [0.717, 1.165) is 5.01 Å². The maximum Gasteiger partial charge on any atom is 0.357 e. The molecule has 4 rings (SSSR count). The molecule has 0 atom stereocenters. The van der Waals surface area contributed by atoms with Gasteiger partial charge in [-0.05, 0) is 35.1 Å². The van der Waals surface area contributed by atoms with Crippen LogP contribution < -0.4 is 0 Å². The third kappa shape index (κ3) is 4.69. The normalized spacial score (nSPS) is 11.5. The lowest BCUT2D eigenvalue weighted by Gasteiger charge is -2.34. The number of nitrogens with zero attached hydrogens (tertiary/aromatic N) is 1. The summed E-state index contributed by atoms with van der Waals surface area (Å²) in [5.74, 6) is -0.386. The molecule has 0 bridgehead atoms. The van der Waals surface area contributed by atoms with E-state index < -0.39 is 4.75 Å². The van der Waals surface area contributed by atoms with Crippen molar-refractivity contribution in [1.82, 2.24) is 4.98 Å². The van der Waals surface area contributed by atoms with Crippen molar-refractivity contribution in [3.63, 3.8) is 0 Å². The van der Waals surface area contributed by atoms with Crippen LogP contribution in [0.2, 0.25) is 0 Å². The van der Waals surface area contributed by atoms with Crippen molar-refractivity contribution in [2.45, 2.75) is 11.7 Å². The molecule has 1 heterocycles. The number of thioether (sulfide) groups is 1. The van der Waals surface area contributed by atoms with Crippen molar-refractivity contribution < 1.29 is 9.53 Å². The van der Waals surface area contributed by atoms with Crippen LogP contribution >= 0.6 is 23.1 Å². The summed E-state index contributed by atoms with van der Waals surface area (Å²) >= 11 is 3.15. The van der Waals surface area contributed by atoms with E-state index in [1.54, 1.807) is 24.1 Å². The Morgan fingerprint density at radius 1 is 0.906 bits per heavy atom. The summed E-state index contributed by atoms with van der Waals surface area (Å²) < 4.78 is 4.62. The number of esters is 1. The summed E-state index contributed by atoms with van der Waals surface area (Å²) in [4.78, 5) is 16.3. The van der Waals surface area contributed by atoms with Gasteiger partial charge in [0.1, 0.15) is 5.01 Å². The molecule has 0 aliphatic carbocycles. The van der Waals surface area contributed by atoms with Crippen molar-refractivity contribution in [3.05, 3.63) is 129 Å². The summed E-state index contributed by atoms with van der Waals surface area (Å²) in [7, 11) is 0. The Hall–Kier alpha value is -3.15. The van der Waals surface area contributed by atoms with Crippen LogP contribution in [0.5, 0.6) is 0 Å². The lowest BCUT2D eigenvalue weighted by atomic mass is 9.84. The molecule has 0 amide bonds. The lowest BCUT2D eigenvalue weighted by molar-refractivity contribution is 0.0520. The van der Waals surface area contributed by atoms with Gasteiger partial charge in [0.25, 0.3) is 0 Å². The highest BCUT2D eigenvalue weighted by Gasteiger charge is 2.36. The van der Waals surface area contributed by atoms with E-state index in [0.29, 0.717) is 12.3 Å². The first kappa shape index (κ1) is 22.1. The molecule has 0 unspecified atom stereocenters. The zero-order valence-electron chi connectivity index (χ0n) is 17.7. The molecule has 0 spiro atoms. The topological polar surface area (TPSA) is 39.2 Å². The van der Waals surface area contributed by atoms with Gasteiger partial charge < -0.3 is 4.74 Å². The average molecular weight is 458 g/mol. The smallest absolute Gasteiger partial charge is 0.357 e. The van der Waals surface area contributed by atoms with Crippen LogP contribution in [-0.4, -0.2) is 17.6 Å². The van der Waals surface area contributed by atoms with E-state index in [1.807, 2.05) is 24.3 Å². The Morgan fingerprint density at radius 3 is 1.88 bits per heavy atom. The Bertz CT molecular complexity index is 1080. The number of ether oxygens (including phenoxy) is 1. The summed E-state index contributed by atoms with van der Waals surface area (Å²) in [6.07, 6.45) is 1.96. The number of rotatable bonds is 8. The molecule has 5 heteroatoms. The molecular weight excluding hydrogens is 434 g/mol. The summed E-state index contributed by atoms with van der Waals surface area (Å²) in [5.41, 5.74) is 3.93. The van der Waals surface area contributed by atoms with Crippen molar-refractivity contribution in [2.75, 3.05) is 6.61 Å². The van der Waals surface area contributed by atoms with E-state index in [-0.39, 0.29) is 5.97 Å². The van der Waals surface area contributed by atoms with E-state index in [9.17, 15) is 4.79 Å². The standard InChI is InChI=1S/C27H23NO2S2/c1-2-30-26(29)24-20-31-25(28-24)18-19-32-27(21-12-6-3-7-13-21,22-14-8-4-9-15-22)23-16-10-5-11-17-23/h3-20H,2H2,1H3/b19-18-. The minimum absolute atomic E-state index is 0.338. The second-order valence-corrected chi connectivity index (χ2v) is 9.00. The van der Waals surface area contributed by atoms with Gasteiger partial charge in [0, 0.05) is 5.38 Å². The largest absolute Gasteiger partial charge is 0.461 e. The molecule has 0 N–H and O–H groups in total. The molecule has 3 aromatic carbocycles. The number of benzene rings is 3. The van der Waals surface area contributed by atoms with Gasteiger partial charge >= 0.3 is 5.97 Å². The van der Waals surface area contributed by atoms with Crippen LogP contribution in [0.4, 0.5) is 0 Å². The molecule has 1 aromatic heterocycles. The molecule has 0 saturated carbocycles. The molecular formula is C27H23NO2S2. The van der Waals surface area contributed by atoms with E-state index in [1.165, 1.54) is 28.0 Å². The molecule has 4 aromatic rings. The highest BCUT2D eigenvalue weighted by Crippen LogP contribution is 2.49. The fourth-order valence-electron chi connectivity index (χ4n) is 3.58. The fourth-order valence-corrected chi connectivity index (χ4v) is 5.56. The number of carbonyl (C=O) groups is 1. The Kier molecular flexibility index (Phi) is 7.20. The van der Waals surface area contributed by atoms with Crippen molar-refractivity contribution in [3.8, 4) is 0 Å². The van der Waals surface area contributed by atoms with Crippen LogP contribution in [0.25, 0.3) is 6.08 Å². The van der Waals surface area contributed by atoms with Gasteiger partial charge in [-0.25, -0.2) is 9.78 Å². The van der Waals surface area contributed by atoms with Gasteiger partial charge in [-0.15, -0.1) is 23.1 Å². The van der Waals surface area contributed by atoms with E-state index >= 15 is 0 Å². The Balaban J connectivity index is 1.75. The van der Waals surface area contributed by atoms with Gasteiger partial charge in [-0.2, -0.15) is 0 Å². The van der Waals surface area contributed by atoms with Crippen molar-refractivity contribution in [2.24, 2.45) is 0 Å². The van der Waals surface area contributed by atoms with E-state index in [2.05, 4.69) is 83.2 Å². The van der Waals surface area contributed by atoms with Crippen molar-refractivity contribution in [1.29, 1.82) is 0 Å². The molecule has 0 radical (unpaired) electrons. The number of aromatic nitrogens is 1. The maximum atomic E-state index is 11.9. The Morgan fingerprint density at radius 2 is 1.41 bits per heavy atom. The predicted molar refractivity (Wildman–Crippen MR) is 134 cm³/mol. The minimum Gasteiger partial charge on any atom is -0.461 e. The summed E-state index contributed by atoms with van der Waals surface area (Å²) in [5, 5.41) is 4.57. The first-order valence-electron chi connectivity index (χ1n) is 10.4. The fraction of sp³-hybridized carbons (Fsp3) is 0.111. The number of hydrogen-bond acceptors (Lipinski definition) is 5. The minimum atomic E-state index is -0.429. The summed E-state index contributed by atoms with van der Waals surface area (Å²) in [6, 6.07) is 31.6.